The van der Waals surface area contributed by atoms with Gasteiger partial charge in [0.15, 0.2) is 5.69 Å². The number of nitrogens with one attached hydrogen (secondary N) is 1. The number of aromatic amines is 1. The monoisotopic (exact) mass is 275 g/mol. The van der Waals surface area contributed by atoms with E-state index < -0.39 is 5.97 Å². The molecule has 0 saturated carbocycles. The zero-order valence-electron chi connectivity index (χ0n) is 10.5. The molecule has 6 heteroatoms. The molecule has 3 rings (SSSR count). The van der Waals surface area contributed by atoms with Crippen molar-refractivity contribution in [3.63, 3.8) is 0 Å². The minimum atomic E-state index is -1.01. The van der Waals surface area contributed by atoms with Crippen LogP contribution in [0, 0.1) is 0 Å². The topological polar surface area (TPSA) is 78.9 Å². The molecule has 0 amide bonds. The van der Waals surface area contributed by atoms with Crippen LogP contribution in [0.5, 0.6) is 0 Å². The Morgan fingerprint density at radius 2 is 2.21 bits per heavy atom. The Bertz CT molecular complexity index is 703. The van der Waals surface area contributed by atoms with Crippen LogP contribution in [-0.2, 0) is 0 Å². The Labute approximate surface area is 114 Å². The first-order valence-corrected chi connectivity index (χ1v) is 6.75. The molecule has 0 aliphatic carbocycles. The summed E-state index contributed by atoms with van der Waals surface area (Å²) in [5.41, 5.74) is 1.73. The summed E-state index contributed by atoms with van der Waals surface area (Å²) < 4.78 is 0. The third-order valence-electron chi connectivity index (χ3n) is 2.40. The van der Waals surface area contributed by atoms with Crippen LogP contribution in [0.3, 0.4) is 0 Å². The lowest BCUT2D eigenvalue weighted by molar-refractivity contribution is 0.0691. The fourth-order valence-electron chi connectivity index (χ4n) is 1.63. The summed E-state index contributed by atoms with van der Waals surface area (Å²) in [4.78, 5) is 22.1. The van der Waals surface area contributed by atoms with Crippen LogP contribution in [0.1, 0.15) is 24.3 Å². The van der Waals surface area contributed by atoms with Crippen LogP contribution in [0.25, 0.3) is 21.6 Å². The molecule has 98 valence electrons. The molecule has 3 aromatic heterocycles. The normalized spacial score (nSPS) is 10.0. The molecule has 0 aliphatic rings. The molecule has 0 saturated heterocycles. The molecule has 0 fully saturated rings. The summed E-state index contributed by atoms with van der Waals surface area (Å²) >= 11 is 1.31. The van der Waals surface area contributed by atoms with Gasteiger partial charge in [-0.3, -0.25) is 0 Å². The highest BCUT2D eigenvalue weighted by Crippen LogP contribution is 2.29. The predicted octanol–water partition coefficient (Wildman–Crippen LogP) is 3.41. The van der Waals surface area contributed by atoms with Crippen molar-refractivity contribution in [2.24, 2.45) is 0 Å². The highest BCUT2D eigenvalue weighted by molar-refractivity contribution is 7.13. The average Bonchev–Trinajstić information content (AvgIpc) is 3.07. The van der Waals surface area contributed by atoms with Gasteiger partial charge in [-0.25, -0.2) is 14.8 Å². The van der Waals surface area contributed by atoms with Crippen molar-refractivity contribution < 1.29 is 9.90 Å². The second kappa shape index (κ2) is 5.62. The number of fused-ring (bicyclic) bond motifs is 1. The van der Waals surface area contributed by atoms with Crippen LogP contribution in [0.15, 0.2) is 29.9 Å². The number of aromatic carboxylic acids is 1. The number of hydrogen-bond acceptors (Lipinski definition) is 4. The second-order valence-electron chi connectivity index (χ2n) is 3.44. The minimum Gasteiger partial charge on any atom is -0.476 e. The number of thiazole rings is 1. The Kier molecular flexibility index (Phi) is 3.91. The van der Waals surface area contributed by atoms with E-state index in [4.69, 9.17) is 5.11 Å². The maximum Gasteiger partial charge on any atom is 0.355 e. The number of hydrogen-bond donors (Lipinski definition) is 2. The molecule has 0 unspecified atom stereocenters. The van der Waals surface area contributed by atoms with E-state index in [2.05, 4.69) is 15.0 Å². The molecule has 0 atom stereocenters. The van der Waals surface area contributed by atoms with Crippen LogP contribution in [0.4, 0.5) is 0 Å². The maximum absolute atomic E-state index is 10.8. The summed E-state index contributed by atoms with van der Waals surface area (Å²) in [5, 5.41) is 12.0. The Morgan fingerprint density at radius 1 is 1.42 bits per heavy atom. The minimum absolute atomic E-state index is 0.0724. The van der Waals surface area contributed by atoms with E-state index in [-0.39, 0.29) is 5.69 Å². The van der Waals surface area contributed by atoms with Crippen molar-refractivity contribution in [3.8, 4) is 10.6 Å². The summed E-state index contributed by atoms with van der Waals surface area (Å²) in [6, 6.07) is 3.77. The van der Waals surface area contributed by atoms with Gasteiger partial charge in [0.25, 0.3) is 0 Å². The quantitative estimate of drug-likeness (QED) is 0.751. The first kappa shape index (κ1) is 13.2. The largest absolute Gasteiger partial charge is 0.476 e. The molecule has 3 heterocycles. The van der Waals surface area contributed by atoms with E-state index >= 15 is 0 Å². The van der Waals surface area contributed by atoms with Crippen LogP contribution < -0.4 is 0 Å². The molecular weight excluding hydrogens is 262 g/mol. The van der Waals surface area contributed by atoms with Crippen molar-refractivity contribution in [2.45, 2.75) is 13.8 Å². The van der Waals surface area contributed by atoms with Gasteiger partial charge in [-0.15, -0.1) is 11.3 Å². The van der Waals surface area contributed by atoms with E-state index in [1.54, 1.807) is 12.4 Å². The number of pyridine rings is 1. The summed E-state index contributed by atoms with van der Waals surface area (Å²) in [6.45, 7) is 4.00. The molecule has 0 aliphatic heterocycles. The van der Waals surface area contributed by atoms with Crippen LogP contribution in [0.2, 0.25) is 0 Å². The van der Waals surface area contributed by atoms with Gasteiger partial charge in [-0.1, -0.05) is 13.8 Å². The molecule has 5 nitrogen and oxygen atoms in total. The SMILES string of the molecule is CC.O=C(O)c1csc(-c2c[nH]c3ncccc23)n1. The van der Waals surface area contributed by atoms with E-state index in [0.717, 1.165) is 16.6 Å². The highest BCUT2D eigenvalue weighted by Gasteiger charge is 2.13. The summed E-state index contributed by atoms with van der Waals surface area (Å²) in [5.74, 6) is -1.01. The molecule has 0 bridgehead atoms. The second-order valence-corrected chi connectivity index (χ2v) is 4.30. The van der Waals surface area contributed by atoms with Gasteiger partial charge >= 0.3 is 5.97 Å². The summed E-state index contributed by atoms with van der Waals surface area (Å²) in [7, 11) is 0. The van der Waals surface area contributed by atoms with Gasteiger partial charge in [0.2, 0.25) is 0 Å². The maximum atomic E-state index is 10.8. The zero-order chi connectivity index (χ0) is 13.8. The summed E-state index contributed by atoms with van der Waals surface area (Å²) in [6.07, 6.45) is 3.50. The lowest BCUT2D eigenvalue weighted by Crippen LogP contribution is -1.95. The Hall–Kier alpha value is -2.21. The predicted molar refractivity (Wildman–Crippen MR) is 75.5 cm³/mol. The molecule has 19 heavy (non-hydrogen) atoms. The zero-order valence-corrected chi connectivity index (χ0v) is 11.4. The Balaban J connectivity index is 0.000000637. The van der Waals surface area contributed by atoms with Crippen LogP contribution >= 0.6 is 11.3 Å². The van der Waals surface area contributed by atoms with Gasteiger partial charge in [-0.2, -0.15) is 0 Å². The van der Waals surface area contributed by atoms with Crippen molar-refractivity contribution in [1.82, 2.24) is 15.0 Å². The molecule has 0 aromatic carbocycles. The van der Waals surface area contributed by atoms with Gasteiger partial charge in [0.1, 0.15) is 10.7 Å². The number of carboxylic acids is 1. The number of carbonyl (C=O) groups is 1. The van der Waals surface area contributed by atoms with Crippen molar-refractivity contribution in [1.29, 1.82) is 0 Å². The van der Waals surface area contributed by atoms with E-state index in [0.29, 0.717) is 5.01 Å². The number of aromatic nitrogens is 3. The van der Waals surface area contributed by atoms with Crippen molar-refractivity contribution in [2.75, 3.05) is 0 Å². The third-order valence-corrected chi connectivity index (χ3v) is 3.28. The number of carboxylic acid groups (broad SMARTS) is 1. The highest BCUT2D eigenvalue weighted by atomic mass is 32.1. The average molecular weight is 275 g/mol. The lowest BCUT2D eigenvalue weighted by Gasteiger charge is -1.92. The first-order valence-electron chi connectivity index (χ1n) is 5.87. The van der Waals surface area contributed by atoms with Gasteiger partial charge in [0.05, 0.1) is 0 Å². The van der Waals surface area contributed by atoms with Crippen molar-refractivity contribution in [3.05, 3.63) is 35.6 Å². The molecular formula is C13H13N3O2S. The van der Waals surface area contributed by atoms with E-state index in [1.807, 2.05) is 26.0 Å². The van der Waals surface area contributed by atoms with Gasteiger partial charge < -0.3 is 10.1 Å². The fraction of sp³-hybridized carbons (Fsp3) is 0.154. The molecule has 0 spiro atoms. The van der Waals surface area contributed by atoms with E-state index in [1.165, 1.54) is 16.7 Å². The third kappa shape index (κ3) is 2.48. The molecule has 3 aromatic rings. The molecule has 2 N–H and O–H groups in total. The van der Waals surface area contributed by atoms with Crippen LogP contribution in [-0.4, -0.2) is 26.0 Å². The van der Waals surface area contributed by atoms with Crippen molar-refractivity contribution >= 4 is 28.3 Å². The number of H-pyrrole nitrogens is 1. The molecule has 0 radical (unpaired) electrons. The lowest BCUT2D eigenvalue weighted by atomic mass is 10.2. The van der Waals surface area contributed by atoms with Gasteiger partial charge in [0, 0.05) is 28.7 Å². The number of nitrogens with zero attached hydrogens (tertiary/aromatic N) is 2. The van der Waals surface area contributed by atoms with Gasteiger partial charge in [-0.05, 0) is 12.1 Å². The fourth-order valence-corrected chi connectivity index (χ4v) is 2.45. The van der Waals surface area contributed by atoms with E-state index in [9.17, 15) is 4.79 Å². The standard InChI is InChI=1S/C11H7N3O2S.C2H6/c15-11(16)8-5-17-10(14-8)7-4-13-9-6(7)2-1-3-12-9;1-2/h1-5H,(H,12,13)(H,15,16);1-2H3. The number of rotatable bonds is 2. The Morgan fingerprint density at radius 3 is 2.89 bits per heavy atom. The smallest absolute Gasteiger partial charge is 0.355 e. The first-order chi connectivity index (χ1) is 9.25.